The van der Waals surface area contributed by atoms with Crippen LogP contribution in [0.15, 0.2) is 48.5 Å². The summed E-state index contributed by atoms with van der Waals surface area (Å²) in [5.41, 5.74) is 3.59. The summed E-state index contributed by atoms with van der Waals surface area (Å²) in [6.45, 7) is 0.787. The summed E-state index contributed by atoms with van der Waals surface area (Å²) < 4.78 is 0. The molecule has 1 aliphatic heterocycles. The fourth-order valence-corrected chi connectivity index (χ4v) is 4.46. The molecule has 2 aromatic rings. The van der Waals surface area contributed by atoms with Gasteiger partial charge in [0.05, 0.1) is 11.6 Å². The zero-order chi connectivity index (χ0) is 20.2. The molecule has 1 fully saturated rings. The van der Waals surface area contributed by atoms with Crippen LogP contribution in [0.25, 0.3) is 0 Å². The first-order chi connectivity index (χ1) is 14.2. The number of nitrogens with one attached hydrogen (secondary N) is 1. The average molecular weight is 387 g/mol. The van der Waals surface area contributed by atoms with Crippen LogP contribution in [-0.4, -0.2) is 18.4 Å². The van der Waals surface area contributed by atoms with Gasteiger partial charge in [-0.05, 0) is 74.4 Å². The highest BCUT2D eigenvalue weighted by Crippen LogP contribution is 2.34. The van der Waals surface area contributed by atoms with Gasteiger partial charge in [0.25, 0.3) is 0 Å². The van der Waals surface area contributed by atoms with E-state index in [0.717, 1.165) is 50.8 Å². The number of nitriles is 1. The minimum atomic E-state index is -0.0664. The standard InChI is InChI=1S/C24H25N3O2/c25-16-17-7-13-21(14-8-17)26-23(28)19-9-11-20(12-10-19)24(29)27-15-3-5-18-4-1-2-6-22(18)27/h1-2,4,6-8,13-14,19-20H,3,5,9-12,15H2,(H,26,28). The first-order valence-corrected chi connectivity index (χ1v) is 10.4. The van der Waals surface area contributed by atoms with Gasteiger partial charge in [-0.3, -0.25) is 9.59 Å². The number of aryl methyl sites for hydroxylation is 1. The summed E-state index contributed by atoms with van der Waals surface area (Å²) in [7, 11) is 0. The van der Waals surface area contributed by atoms with Crippen LogP contribution in [-0.2, 0) is 16.0 Å². The van der Waals surface area contributed by atoms with Gasteiger partial charge in [0.15, 0.2) is 0 Å². The average Bonchev–Trinajstić information content (AvgIpc) is 2.79. The number of amides is 2. The highest BCUT2D eigenvalue weighted by molar-refractivity contribution is 5.97. The molecule has 4 rings (SSSR count). The van der Waals surface area contributed by atoms with Gasteiger partial charge in [-0.2, -0.15) is 5.26 Å². The molecule has 1 N–H and O–H groups in total. The summed E-state index contributed by atoms with van der Waals surface area (Å²) in [6.07, 6.45) is 5.00. The Hall–Kier alpha value is -3.13. The van der Waals surface area contributed by atoms with E-state index >= 15 is 0 Å². The lowest BCUT2D eigenvalue weighted by molar-refractivity contribution is -0.126. The van der Waals surface area contributed by atoms with Gasteiger partial charge in [0.2, 0.25) is 11.8 Å². The van der Waals surface area contributed by atoms with E-state index in [1.165, 1.54) is 5.56 Å². The van der Waals surface area contributed by atoms with Crippen LogP contribution in [0.5, 0.6) is 0 Å². The maximum atomic E-state index is 13.1. The van der Waals surface area contributed by atoms with Crippen LogP contribution in [0.4, 0.5) is 11.4 Å². The highest BCUT2D eigenvalue weighted by Gasteiger charge is 2.33. The Bertz CT molecular complexity index is 937. The minimum Gasteiger partial charge on any atom is -0.326 e. The second-order valence-electron chi connectivity index (χ2n) is 7.95. The van der Waals surface area contributed by atoms with E-state index in [1.54, 1.807) is 24.3 Å². The van der Waals surface area contributed by atoms with E-state index in [4.69, 9.17) is 5.26 Å². The molecule has 2 aliphatic rings. The van der Waals surface area contributed by atoms with E-state index in [9.17, 15) is 9.59 Å². The second-order valence-corrected chi connectivity index (χ2v) is 7.95. The van der Waals surface area contributed by atoms with Gasteiger partial charge in [-0.25, -0.2) is 0 Å². The topological polar surface area (TPSA) is 73.2 Å². The lowest BCUT2D eigenvalue weighted by Crippen LogP contribution is -2.41. The number of rotatable bonds is 3. The predicted octanol–water partition coefficient (Wildman–Crippen LogP) is 4.28. The third-order valence-electron chi connectivity index (χ3n) is 6.11. The zero-order valence-electron chi connectivity index (χ0n) is 16.4. The fourth-order valence-electron chi connectivity index (χ4n) is 4.46. The van der Waals surface area contributed by atoms with Crippen molar-refractivity contribution in [3.63, 3.8) is 0 Å². The van der Waals surface area contributed by atoms with E-state index in [0.29, 0.717) is 11.3 Å². The Kier molecular flexibility index (Phi) is 5.62. The Morgan fingerprint density at radius 1 is 0.966 bits per heavy atom. The van der Waals surface area contributed by atoms with Crippen molar-refractivity contribution in [2.24, 2.45) is 11.8 Å². The molecule has 0 radical (unpaired) electrons. The molecule has 1 aliphatic carbocycles. The number of benzene rings is 2. The molecule has 5 heteroatoms. The van der Waals surface area contributed by atoms with Crippen molar-refractivity contribution >= 4 is 23.2 Å². The van der Waals surface area contributed by atoms with Crippen molar-refractivity contribution in [3.8, 4) is 6.07 Å². The van der Waals surface area contributed by atoms with Crippen molar-refractivity contribution in [1.82, 2.24) is 0 Å². The number of nitrogens with zero attached hydrogens (tertiary/aromatic N) is 2. The van der Waals surface area contributed by atoms with E-state index in [-0.39, 0.29) is 23.7 Å². The lowest BCUT2D eigenvalue weighted by Gasteiger charge is -2.34. The highest BCUT2D eigenvalue weighted by atomic mass is 16.2. The van der Waals surface area contributed by atoms with Crippen molar-refractivity contribution in [3.05, 3.63) is 59.7 Å². The molecular formula is C24H25N3O2. The molecule has 1 heterocycles. The van der Waals surface area contributed by atoms with Gasteiger partial charge >= 0.3 is 0 Å². The number of hydrogen-bond donors (Lipinski definition) is 1. The molecule has 1 saturated carbocycles. The summed E-state index contributed by atoms with van der Waals surface area (Å²) in [5, 5.41) is 11.8. The van der Waals surface area contributed by atoms with E-state index < -0.39 is 0 Å². The summed E-state index contributed by atoms with van der Waals surface area (Å²) in [6, 6.07) is 17.1. The fraction of sp³-hybridized carbons (Fsp3) is 0.375. The normalized spacial score (nSPS) is 21.0. The minimum absolute atomic E-state index is 0.000109. The Balaban J connectivity index is 1.34. The van der Waals surface area contributed by atoms with Crippen molar-refractivity contribution in [2.45, 2.75) is 38.5 Å². The maximum Gasteiger partial charge on any atom is 0.230 e. The molecule has 0 saturated heterocycles. The van der Waals surface area contributed by atoms with Crippen LogP contribution >= 0.6 is 0 Å². The molecule has 0 unspecified atom stereocenters. The molecule has 5 nitrogen and oxygen atoms in total. The molecule has 0 bridgehead atoms. The number of fused-ring (bicyclic) bond motifs is 1. The van der Waals surface area contributed by atoms with Crippen LogP contribution < -0.4 is 10.2 Å². The zero-order valence-corrected chi connectivity index (χ0v) is 16.4. The van der Waals surface area contributed by atoms with Crippen molar-refractivity contribution in [1.29, 1.82) is 5.26 Å². The molecule has 0 spiro atoms. The largest absolute Gasteiger partial charge is 0.326 e. The van der Waals surface area contributed by atoms with Crippen molar-refractivity contribution < 1.29 is 9.59 Å². The summed E-state index contributed by atoms with van der Waals surface area (Å²) in [4.78, 5) is 27.7. The summed E-state index contributed by atoms with van der Waals surface area (Å²) >= 11 is 0. The molecule has 0 aromatic heterocycles. The number of hydrogen-bond acceptors (Lipinski definition) is 3. The van der Waals surface area contributed by atoms with Gasteiger partial charge in [0.1, 0.15) is 0 Å². The summed E-state index contributed by atoms with van der Waals surface area (Å²) in [5.74, 6) is 0.149. The third-order valence-corrected chi connectivity index (χ3v) is 6.11. The van der Waals surface area contributed by atoms with Gasteiger partial charge < -0.3 is 10.2 Å². The van der Waals surface area contributed by atoms with E-state index in [2.05, 4.69) is 17.5 Å². The van der Waals surface area contributed by atoms with Gasteiger partial charge in [0, 0.05) is 29.8 Å². The maximum absolute atomic E-state index is 13.1. The van der Waals surface area contributed by atoms with E-state index in [1.807, 2.05) is 23.1 Å². The van der Waals surface area contributed by atoms with Crippen LogP contribution in [0, 0.1) is 23.2 Å². The lowest BCUT2D eigenvalue weighted by atomic mass is 9.80. The Morgan fingerprint density at radius 3 is 2.38 bits per heavy atom. The SMILES string of the molecule is N#Cc1ccc(NC(=O)C2CCC(C(=O)N3CCCc4ccccc43)CC2)cc1. The van der Waals surface area contributed by atoms with Crippen LogP contribution in [0.3, 0.4) is 0 Å². The number of carbonyl (C=O) groups excluding carboxylic acids is 2. The quantitative estimate of drug-likeness (QED) is 0.854. The Morgan fingerprint density at radius 2 is 1.66 bits per heavy atom. The van der Waals surface area contributed by atoms with Crippen molar-refractivity contribution in [2.75, 3.05) is 16.8 Å². The second kappa shape index (κ2) is 8.48. The molecule has 29 heavy (non-hydrogen) atoms. The molecule has 0 atom stereocenters. The predicted molar refractivity (Wildman–Crippen MR) is 112 cm³/mol. The number of para-hydroxylation sites is 1. The third kappa shape index (κ3) is 4.17. The van der Waals surface area contributed by atoms with Crippen LogP contribution in [0.2, 0.25) is 0 Å². The number of carbonyl (C=O) groups is 2. The number of anilines is 2. The Labute approximate surface area is 171 Å². The smallest absolute Gasteiger partial charge is 0.230 e. The monoisotopic (exact) mass is 387 g/mol. The first kappa shape index (κ1) is 19.2. The van der Waals surface area contributed by atoms with Gasteiger partial charge in [-0.15, -0.1) is 0 Å². The molecule has 148 valence electrons. The molecule has 2 aromatic carbocycles. The van der Waals surface area contributed by atoms with Crippen LogP contribution in [0.1, 0.15) is 43.2 Å². The molecular weight excluding hydrogens is 362 g/mol. The van der Waals surface area contributed by atoms with Gasteiger partial charge in [-0.1, -0.05) is 18.2 Å². The first-order valence-electron chi connectivity index (χ1n) is 10.4. The molecule has 2 amide bonds.